The fraction of sp³-hybridized carbons (Fsp3) is 0.273. The van der Waals surface area contributed by atoms with Gasteiger partial charge >= 0.3 is 6.36 Å². The molecule has 1 aromatic carbocycles. The quantitative estimate of drug-likeness (QED) is 0.808. The average Bonchev–Trinajstić information content (AvgIpc) is 2.16. The van der Waals surface area contributed by atoms with Gasteiger partial charge in [0.15, 0.2) is 0 Å². The molecule has 0 bridgehead atoms. The Morgan fingerprint density at radius 1 is 1.38 bits per heavy atom. The number of nitrogens with two attached hydrogens (primary N) is 1. The highest BCUT2D eigenvalue weighted by atomic mass is 19.4. The van der Waals surface area contributed by atoms with E-state index < -0.39 is 12.4 Å². The molecule has 1 aromatic rings. The van der Waals surface area contributed by atoms with E-state index in [2.05, 4.69) is 11.3 Å². The molecule has 0 heterocycles. The van der Waals surface area contributed by atoms with Crippen molar-refractivity contribution >= 4 is 0 Å². The van der Waals surface area contributed by atoms with Crippen LogP contribution in [0, 0.1) is 0 Å². The molecule has 0 aliphatic carbocycles. The van der Waals surface area contributed by atoms with E-state index in [0.717, 1.165) is 0 Å². The van der Waals surface area contributed by atoms with Crippen LogP contribution in [0.25, 0.3) is 0 Å². The Kier molecular flexibility index (Phi) is 3.95. The Morgan fingerprint density at radius 3 is 2.56 bits per heavy atom. The van der Waals surface area contributed by atoms with Crippen LogP contribution in [0.2, 0.25) is 0 Å². The van der Waals surface area contributed by atoms with E-state index >= 15 is 0 Å². The van der Waals surface area contributed by atoms with Crippen molar-refractivity contribution in [3.63, 3.8) is 0 Å². The van der Waals surface area contributed by atoms with Crippen LogP contribution in [0.3, 0.4) is 0 Å². The molecule has 0 aliphatic heterocycles. The molecule has 0 fully saturated rings. The van der Waals surface area contributed by atoms with Gasteiger partial charge in [0.1, 0.15) is 5.75 Å². The fourth-order valence-corrected chi connectivity index (χ4v) is 1.31. The Bertz CT molecular complexity index is 362. The predicted molar refractivity (Wildman–Crippen MR) is 54.9 cm³/mol. The normalized spacial score (nSPS) is 13.2. The van der Waals surface area contributed by atoms with Crippen molar-refractivity contribution in [2.24, 2.45) is 5.73 Å². The van der Waals surface area contributed by atoms with Gasteiger partial charge in [-0.3, -0.25) is 0 Å². The fourth-order valence-electron chi connectivity index (χ4n) is 1.31. The van der Waals surface area contributed by atoms with Gasteiger partial charge in [-0.25, -0.2) is 0 Å². The van der Waals surface area contributed by atoms with Crippen molar-refractivity contribution in [1.82, 2.24) is 0 Å². The van der Waals surface area contributed by atoms with Gasteiger partial charge in [-0.1, -0.05) is 24.3 Å². The SMILES string of the molecule is C=CC[C@@H](N)c1ccccc1OC(F)(F)F. The molecular weight excluding hydrogens is 219 g/mol. The Balaban J connectivity index is 2.95. The van der Waals surface area contributed by atoms with E-state index in [1.54, 1.807) is 12.1 Å². The van der Waals surface area contributed by atoms with Crippen molar-refractivity contribution in [3.05, 3.63) is 42.5 Å². The number of alkyl halides is 3. The smallest absolute Gasteiger partial charge is 0.405 e. The number of halogens is 3. The first-order chi connectivity index (χ1) is 7.44. The van der Waals surface area contributed by atoms with Crippen LogP contribution in [0.5, 0.6) is 5.75 Å². The third-order valence-corrected chi connectivity index (χ3v) is 1.96. The Labute approximate surface area is 91.5 Å². The maximum absolute atomic E-state index is 12.1. The lowest BCUT2D eigenvalue weighted by Crippen LogP contribution is -2.20. The van der Waals surface area contributed by atoms with Crippen LogP contribution < -0.4 is 10.5 Å². The standard InChI is InChI=1S/C11H12F3NO/c1-2-5-9(15)8-6-3-4-7-10(8)16-11(12,13)14/h2-4,6-7,9H,1,5,15H2/t9-/m1/s1. The molecule has 0 spiro atoms. The van der Waals surface area contributed by atoms with Gasteiger partial charge in [-0.05, 0) is 12.5 Å². The highest BCUT2D eigenvalue weighted by Gasteiger charge is 2.32. The van der Waals surface area contributed by atoms with E-state index in [9.17, 15) is 13.2 Å². The summed E-state index contributed by atoms with van der Waals surface area (Å²) in [6.07, 6.45) is -2.77. The second-order valence-corrected chi connectivity index (χ2v) is 3.22. The van der Waals surface area contributed by atoms with Gasteiger partial charge < -0.3 is 10.5 Å². The molecule has 0 amide bonds. The average molecular weight is 231 g/mol. The first-order valence-corrected chi connectivity index (χ1v) is 4.65. The lowest BCUT2D eigenvalue weighted by Gasteiger charge is -2.16. The summed E-state index contributed by atoms with van der Waals surface area (Å²) in [4.78, 5) is 0. The summed E-state index contributed by atoms with van der Waals surface area (Å²) < 4.78 is 40.1. The first kappa shape index (κ1) is 12.6. The Hall–Kier alpha value is -1.49. The van der Waals surface area contributed by atoms with Crippen molar-refractivity contribution in [3.8, 4) is 5.75 Å². The maximum atomic E-state index is 12.1. The van der Waals surface area contributed by atoms with E-state index in [4.69, 9.17) is 5.73 Å². The second-order valence-electron chi connectivity index (χ2n) is 3.22. The number of rotatable bonds is 4. The van der Waals surface area contributed by atoms with E-state index in [1.807, 2.05) is 0 Å². The van der Waals surface area contributed by atoms with Crippen molar-refractivity contribution in [1.29, 1.82) is 0 Å². The number of hydrogen-bond donors (Lipinski definition) is 1. The van der Waals surface area contributed by atoms with Gasteiger partial charge in [-0.2, -0.15) is 0 Å². The lowest BCUT2D eigenvalue weighted by molar-refractivity contribution is -0.275. The molecule has 1 atom stereocenters. The van der Waals surface area contributed by atoms with Crippen LogP contribution in [-0.4, -0.2) is 6.36 Å². The summed E-state index contributed by atoms with van der Waals surface area (Å²) in [5.74, 6) is -0.260. The molecule has 0 saturated heterocycles. The zero-order valence-corrected chi connectivity index (χ0v) is 8.50. The van der Waals surface area contributed by atoms with Crippen LogP contribution in [0.1, 0.15) is 18.0 Å². The van der Waals surface area contributed by atoms with Crippen LogP contribution in [0.4, 0.5) is 13.2 Å². The zero-order valence-electron chi connectivity index (χ0n) is 8.50. The lowest BCUT2D eigenvalue weighted by atomic mass is 10.0. The third-order valence-electron chi connectivity index (χ3n) is 1.96. The summed E-state index contributed by atoms with van der Waals surface area (Å²) in [7, 11) is 0. The van der Waals surface area contributed by atoms with Crippen LogP contribution in [-0.2, 0) is 0 Å². The number of ether oxygens (including phenoxy) is 1. The summed E-state index contributed by atoms with van der Waals surface area (Å²) in [6.45, 7) is 3.49. The van der Waals surface area contributed by atoms with Gasteiger partial charge in [0.2, 0.25) is 0 Å². The monoisotopic (exact) mass is 231 g/mol. The minimum absolute atomic E-state index is 0.260. The van der Waals surface area contributed by atoms with Crippen molar-refractivity contribution in [2.45, 2.75) is 18.8 Å². The van der Waals surface area contributed by atoms with Crippen molar-refractivity contribution < 1.29 is 17.9 Å². The zero-order chi connectivity index (χ0) is 12.2. The second kappa shape index (κ2) is 5.03. The molecule has 2 nitrogen and oxygen atoms in total. The minimum Gasteiger partial charge on any atom is -0.405 e. The summed E-state index contributed by atoms with van der Waals surface area (Å²) in [5, 5.41) is 0. The molecule has 0 aromatic heterocycles. The van der Waals surface area contributed by atoms with E-state index in [-0.39, 0.29) is 5.75 Å². The topological polar surface area (TPSA) is 35.2 Å². The van der Waals surface area contributed by atoms with Crippen LogP contribution >= 0.6 is 0 Å². The van der Waals surface area contributed by atoms with Gasteiger partial charge in [0.25, 0.3) is 0 Å². The number of benzene rings is 1. The van der Waals surface area contributed by atoms with E-state index in [1.165, 1.54) is 18.2 Å². The molecule has 16 heavy (non-hydrogen) atoms. The molecule has 88 valence electrons. The predicted octanol–water partition coefficient (Wildman–Crippen LogP) is 3.16. The summed E-state index contributed by atoms with van der Waals surface area (Å²) in [6, 6.07) is 5.28. The molecular formula is C11H12F3NO. The number of para-hydroxylation sites is 1. The largest absolute Gasteiger partial charge is 0.573 e. The summed E-state index contributed by atoms with van der Waals surface area (Å²) >= 11 is 0. The highest BCUT2D eigenvalue weighted by Crippen LogP contribution is 2.30. The molecule has 1 rings (SSSR count). The summed E-state index contributed by atoms with van der Waals surface area (Å²) in [5.41, 5.74) is 6.03. The number of hydrogen-bond acceptors (Lipinski definition) is 2. The molecule has 0 unspecified atom stereocenters. The van der Waals surface area contributed by atoms with Crippen molar-refractivity contribution in [2.75, 3.05) is 0 Å². The molecule has 2 N–H and O–H groups in total. The van der Waals surface area contributed by atoms with Crippen LogP contribution in [0.15, 0.2) is 36.9 Å². The molecule has 0 saturated carbocycles. The van der Waals surface area contributed by atoms with E-state index in [0.29, 0.717) is 12.0 Å². The van der Waals surface area contributed by atoms with Gasteiger partial charge in [0, 0.05) is 11.6 Å². The first-order valence-electron chi connectivity index (χ1n) is 4.65. The Morgan fingerprint density at radius 2 is 2.00 bits per heavy atom. The van der Waals surface area contributed by atoms with Gasteiger partial charge in [-0.15, -0.1) is 19.8 Å². The highest BCUT2D eigenvalue weighted by molar-refractivity contribution is 5.36. The van der Waals surface area contributed by atoms with Gasteiger partial charge in [0.05, 0.1) is 0 Å². The molecule has 5 heteroatoms. The molecule has 0 aliphatic rings. The molecule has 0 radical (unpaired) electrons. The minimum atomic E-state index is -4.70. The third kappa shape index (κ3) is 3.58. The maximum Gasteiger partial charge on any atom is 0.573 e.